The highest BCUT2D eigenvalue weighted by Gasteiger charge is 2.27. The molecular weight excluding hydrogens is 298 g/mol. The largest absolute Gasteiger partial charge is 0.465 e. The van der Waals surface area contributed by atoms with E-state index < -0.39 is 5.97 Å². The Bertz CT molecular complexity index is 742. The van der Waals surface area contributed by atoms with Crippen molar-refractivity contribution in [3.05, 3.63) is 40.6 Å². The smallest absolute Gasteiger partial charge is 0.341 e. The van der Waals surface area contributed by atoms with E-state index in [1.807, 2.05) is 6.07 Å². The second-order valence-electron chi connectivity index (χ2n) is 5.82. The molecule has 2 heterocycles. The zero-order valence-corrected chi connectivity index (χ0v) is 13.4. The number of aryl methyl sites for hydroxylation is 1. The van der Waals surface area contributed by atoms with Crippen LogP contribution in [0.1, 0.15) is 56.8 Å². The fraction of sp³-hybridized carbons (Fsp3) is 0.438. The topological polar surface area (TPSA) is 88.4 Å². The minimum atomic E-state index is -0.451. The van der Waals surface area contributed by atoms with Gasteiger partial charge in [-0.1, -0.05) is 0 Å². The van der Waals surface area contributed by atoms with Gasteiger partial charge in [-0.2, -0.15) is 5.10 Å². The Morgan fingerprint density at radius 3 is 2.83 bits per heavy atom. The van der Waals surface area contributed by atoms with E-state index >= 15 is 0 Å². The lowest BCUT2D eigenvalue weighted by atomic mass is 10.2. The van der Waals surface area contributed by atoms with Gasteiger partial charge in [-0.3, -0.25) is 9.89 Å². The molecular formula is C16H19N3O4. The highest BCUT2D eigenvalue weighted by molar-refractivity contribution is 5.92. The average Bonchev–Trinajstić information content (AvgIpc) is 3.15. The predicted octanol–water partition coefficient (Wildman–Crippen LogP) is 2.25. The van der Waals surface area contributed by atoms with Crippen LogP contribution in [-0.4, -0.2) is 41.1 Å². The van der Waals surface area contributed by atoms with Crippen molar-refractivity contribution < 1.29 is 18.7 Å². The van der Waals surface area contributed by atoms with Crippen LogP contribution in [0.5, 0.6) is 0 Å². The lowest BCUT2D eigenvalue weighted by Crippen LogP contribution is -2.26. The standard InChI is InChI=1S/C16H19N3O4/c1-9-12(16(21)22-3)6-11(23-9)8-19(2)15(20)14-7-13(17-18-14)10-4-5-10/h6-7,10H,4-5,8H2,1-3H3,(H,17,18). The van der Waals surface area contributed by atoms with E-state index in [2.05, 4.69) is 14.9 Å². The second kappa shape index (κ2) is 5.91. The summed E-state index contributed by atoms with van der Waals surface area (Å²) in [5.41, 5.74) is 1.79. The van der Waals surface area contributed by atoms with E-state index in [1.165, 1.54) is 12.0 Å². The molecule has 2 aromatic heterocycles. The molecule has 122 valence electrons. The molecule has 1 amide bonds. The van der Waals surface area contributed by atoms with Crippen molar-refractivity contribution in [1.29, 1.82) is 0 Å². The number of esters is 1. The van der Waals surface area contributed by atoms with Gasteiger partial charge in [0.25, 0.3) is 5.91 Å². The summed E-state index contributed by atoms with van der Waals surface area (Å²) in [5, 5.41) is 7.00. The average molecular weight is 317 g/mol. The lowest BCUT2D eigenvalue weighted by molar-refractivity contribution is 0.0598. The molecule has 1 aliphatic rings. The molecule has 0 atom stereocenters. The van der Waals surface area contributed by atoms with Gasteiger partial charge < -0.3 is 14.1 Å². The number of furan rings is 1. The van der Waals surface area contributed by atoms with Crippen molar-refractivity contribution in [3.63, 3.8) is 0 Å². The maximum atomic E-state index is 12.4. The summed E-state index contributed by atoms with van der Waals surface area (Å²) in [5.74, 6) is 0.875. The molecule has 23 heavy (non-hydrogen) atoms. The van der Waals surface area contributed by atoms with Crippen LogP contribution in [0.4, 0.5) is 0 Å². The number of rotatable bonds is 5. The van der Waals surface area contributed by atoms with Crippen LogP contribution in [-0.2, 0) is 11.3 Å². The first-order valence-electron chi connectivity index (χ1n) is 7.48. The molecule has 1 aliphatic carbocycles. The number of nitrogens with one attached hydrogen (secondary N) is 1. The maximum absolute atomic E-state index is 12.4. The third kappa shape index (κ3) is 3.13. The van der Waals surface area contributed by atoms with Crippen LogP contribution >= 0.6 is 0 Å². The first kappa shape index (κ1) is 15.3. The Morgan fingerprint density at radius 1 is 1.43 bits per heavy atom. The zero-order valence-electron chi connectivity index (χ0n) is 13.4. The van der Waals surface area contributed by atoms with Gasteiger partial charge >= 0.3 is 5.97 Å². The fourth-order valence-corrected chi connectivity index (χ4v) is 2.48. The van der Waals surface area contributed by atoms with Crippen LogP contribution in [0.25, 0.3) is 0 Å². The van der Waals surface area contributed by atoms with E-state index in [0.717, 1.165) is 18.5 Å². The number of amides is 1. The molecule has 0 bridgehead atoms. The summed E-state index contributed by atoms with van der Waals surface area (Å²) in [6.45, 7) is 1.94. The Hall–Kier alpha value is -2.57. The Kier molecular flexibility index (Phi) is 3.94. The van der Waals surface area contributed by atoms with Gasteiger partial charge in [-0.15, -0.1) is 0 Å². The monoisotopic (exact) mass is 317 g/mol. The van der Waals surface area contributed by atoms with Crippen molar-refractivity contribution >= 4 is 11.9 Å². The van der Waals surface area contributed by atoms with Gasteiger partial charge in [0.1, 0.15) is 22.8 Å². The van der Waals surface area contributed by atoms with E-state index in [9.17, 15) is 9.59 Å². The number of aromatic amines is 1. The van der Waals surface area contributed by atoms with Crippen LogP contribution in [0, 0.1) is 6.92 Å². The number of carbonyl (C=O) groups is 2. The molecule has 0 radical (unpaired) electrons. The number of hydrogen-bond acceptors (Lipinski definition) is 5. The minimum Gasteiger partial charge on any atom is -0.465 e. The van der Waals surface area contributed by atoms with Gasteiger partial charge in [-0.25, -0.2) is 4.79 Å². The van der Waals surface area contributed by atoms with Crippen LogP contribution < -0.4 is 0 Å². The minimum absolute atomic E-state index is 0.193. The molecule has 7 nitrogen and oxygen atoms in total. The molecule has 0 saturated heterocycles. The summed E-state index contributed by atoms with van der Waals surface area (Å²) >= 11 is 0. The highest BCUT2D eigenvalue weighted by Crippen LogP contribution is 2.39. The number of methoxy groups -OCH3 is 1. The van der Waals surface area contributed by atoms with Crippen molar-refractivity contribution in [2.45, 2.75) is 32.2 Å². The quantitative estimate of drug-likeness (QED) is 0.854. The molecule has 0 aliphatic heterocycles. The van der Waals surface area contributed by atoms with Gasteiger partial charge in [0, 0.05) is 18.7 Å². The second-order valence-corrected chi connectivity index (χ2v) is 5.82. The lowest BCUT2D eigenvalue weighted by Gasteiger charge is -2.13. The Labute approximate surface area is 133 Å². The maximum Gasteiger partial charge on any atom is 0.341 e. The summed E-state index contributed by atoms with van der Waals surface area (Å²) in [6, 6.07) is 3.41. The number of carbonyl (C=O) groups excluding carboxylic acids is 2. The first-order chi connectivity index (χ1) is 11.0. The molecule has 0 aromatic carbocycles. The van der Waals surface area contributed by atoms with Gasteiger partial charge in [0.15, 0.2) is 0 Å². The van der Waals surface area contributed by atoms with Gasteiger partial charge in [0.05, 0.1) is 13.7 Å². The summed E-state index contributed by atoms with van der Waals surface area (Å²) in [7, 11) is 2.99. The molecule has 0 spiro atoms. The van der Waals surface area contributed by atoms with Crippen molar-refractivity contribution in [2.75, 3.05) is 14.2 Å². The van der Waals surface area contributed by atoms with E-state index in [-0.39, 0.29) is 12.5 Å². The molecule has 1 fully saturated rings. The molecule has 7 heteroatoms. The van der Waals surface area contributed by atoms with Crippen LogP contribution in [0.15, 0.2) is 16.5 Å². The van der Waals surface area contributed by atoms with Crippen molar-refractivity contribution in [3.8, 4) is 0 Å². The van der Waals surface area contributed by atoms with Gasteiger partial charge in [-0.05, 0) is 31.9 Å². The number of hydrogen-bond donors (Lipinski definition) is 1. The predicted molar refractivity (Wildman–Crippen MR) is 81.1 cm³/mol. The fourth-order valence-electron chi connectivity index (χ4n) is 2.48. The zero-order chi connectivity index (χ0) is 16.6. The van der Waals surface area contributed by atoms with E-state index in [4.69, 9.17) is 4.42 Å². The Morgan fingerprint density at radius 2 is 2.17 bits per heavy atom. The molecule has 0 unspecified atom stereocenters. The third-order valence-corrected chi connectivity index (χ3v) is 3.95. The highest BCUT2D eigenvalue weighted by atomic mass is 16.5. The van der Waals surface area contributed by atoms with Crippen molar-refractivity contribution in [2.24, 2.45) is 0 Å². The summed E-state index contributed by atoms with van der Waals surface area (Å²) < 4.78 is 10.2. The first-order valence-corrected chi connectivity index (χ1v) is 7.48. The van der Waals surface area contributed by atoms with Crippen molar-refractivity contribution in [1.82, 2.24) is 15.1 Å². The molecule has 2 aromatic rings. The van der Waals surface area contributed by atoms with Crippen LogP contribution in [0.3, 0.4) is 0 Å². The summed E-state index contributed by atoms with van der Waals surface area (Å²) in [4.78, 5) is 25.5. The molecule has 1 N–H and O–H groups in total. The molecule has 1 saturated carbocycles. The van der Waals surface area contributed by atoms with E-state index in [1.54, 1.807) is 20.0 Å². The van der Waals surface area contributed by atoms with Crippen LogP contribution in [0.2, 0.25) is 0 Å². The molecule has 3 rings (SSSR count). The number of ether oxygens (including phenoxy) is 1. The SMILES string of the molecule is COC(=O)c1cc(CN(C)C(=O)c2cc(C3CC3)[nH]n2)oc1C. The van der Waals surface area contributed by atoms with Gasteiger partial charge in [0.2, 0.25) is 0 Å². The number of H-pyrrole nitrogens is 1. The Balaban J connectivity index is 1.69. The number of nitrogens with zero attached hydrogens (tertiary/aromatic N) is 2. The summed E-state index contributed by atoms with van der Waals surface area (Å²) in [6.07, 6.45) is 2.29. The normalized spacial score (nSPS) is 13.9. The third-order valence-electron chi connectivity index (χ3n) is 3.95. The number of aromatic nitrogens is 2. The van der Waals surface area contributed by atoms with E-state index in [0.29, 0.717) is 28.7 Å².